The van der Waals surface area contributed by atoms with Crippen LogP contribution in [0.3, 0.4) is 0 Å². The van der Waals surface area contributed by atoms with Crippen LogP contribution in [0.4, 0.5) is 34.1 Å². The first-order valence-corrected chi connectivity index (χ1v) is 31.4. The molecule has 4 bridgehead atoms. The molecule has 17 rings (SSSR count). The van der Waals surface area contributed by atoms with Crippen molar-refractivity contribution in [2.75, 3.05) is 9.80 Å². The molecule has 412 valence electrons. The molecule has 7 aliphatic rings. The molecule has 2 nitrogen and oxygen atoms in total. The second-order valence-corrected chi connectivity index (χ2v) is 28.3. The summed E-state index contributed by atoms with van der Waals surface area (Å²) in [6.07, 6.45) is 6.71. The summed E-state index contributed by atoms with van der Waals surface area (Å²) in [6.45, 7) is 20.8. The fourth-order valence-corrected chi connectivity index (χ4v) is 17.8. The Morgan fingerprint density at radius 2 is 0.798 bits per heavy atom. The maximum Gasteiger partial charge on any atom is 0.252 e. The van der Waals surface area contributed by atoms with Crippen LogP contribution in [-0.2, 0) is 16.2 Å². The van der Waals surface area contributed by atoms with Gasteiger partial charge in [0.15, 0.2) is 0 Å². The van der Waals surface area contributed by atoms with Crippen molar-refractivity contribution >= 4 is 57.2 Å². The van der Waals surface area contributed by atoms with Gasteiger partial charge in [0.05, 0.1) is 11.4 Å². The molecule has 5 aliphatic carbocycles. The third kappa shape index (κ3) is 7.62. The van der Waals surface area contributed by atoms with Crippen molar-refractivity contribution in [1.29, 1.82) is 0 Å². The van der Waals surface area contributed by atoms with E-state index >= 15 is 0 Å². The Labute approximate surface area is 499 Å². The Balaban J connectivity index is 1.06. The average molecular weight is 1090 g/mol. The van der Waals surface area contributed by atoms with Gasteiger partial charge in [0, 0.05) is 50.4 Å². The van der Waals surface area contributed by atoms with Gasteiger partial charge in [-0.25, -0.2) is 0 Å². The topological polar surface area (TPSA) is 6.48 Å². The van der Waals surface area contributed by atoms with E-state index in [1.54, 1.807) is 11.1 Å². The minimum Gasteiger partial charge on any atom is -0.310 e. The van der Waals surface area contributed by atoms with Crippen LogP contribution in [0.1, 0.15) is 113 Å². The average Bonchev–Trinajstić information content (AvgIpc) is 1.44. The van der Waals surface area contributed by atoms with Gasteiger partial charge in [0.1, 0.15) is 0 Å². The summed E-state index contributed by atoms with van der Waals surface area (Å²) in [5, 5.41) is 0. The van der Waals surface area contributed by atoms with Gasteiger partial charge >= 0.3 is 0 Å². The van der Waals surface area contributed by atoms with Crippen LogP contribution >= 0.6 is 0 Å². The lowest BCUT2D eigenvalue weighted by atomic mass is 9.31. The number of nitrogens with zero attached hydrogens (tertiary/aromatic N) is 2. The molecule has 2 heterocycles. The quantitative estimate of drug-likeness (QED) is 0.153. The number of hydrogen-bond donors (Lipinski definition) is 0. The highest BCUT2D eigenvalue weighted by Crippen LogP contribution is 2.70. The maximum absolute atomic E-state index is 2.81. The maximum atomic E-state index is 2.81. The Kier molecular flexibility index (Phi) is 11.5. The first-order chi connectivity index (χ1) is 40.6. The zero-order chi connectivity index (χ0) is 57.1. The molecule has 84 heavy (non-hydrogen) atoms. The van der Waals surface area contributed by atoms with Crippen molar-refractivity contribution in [3.05, 3.63) is 245 Å². The first-order valence-electron chi connectivity index (χ1n) is 31.4. The minimum atomic E-state index is -0.0875. The molecule has 0 atom stereocenters. The highest BCUT2D eigenvalue weighted by molar-refractivity contribution is 7.00. The Bertz CT molecular complexity index is 4260. The van der Waals surface area contributed by atoms with Crippen LogP contribution in [0.25, 0.3) is 55.6 Å². The van der Waals surface area contributed by atoms with Crippen molar-refractivity contribution < 1.29 is 0 Å². The molecular formula is C81H75BN2. The molecule has 0 radical (unpaired) electrons. The van der Waals surface area contributed by atoms with Crippen LogP contribution in [0.5, 0.6) is 0 Å². The summed E-state index contributed by atoms with van der Waals surface area (Å²) < 4.78 is 0. The smallest absolute Gasteiger partial charge is 0.252 e. The van der Waals surface area contributed by atoms with Gasteiger partial charge in [-0.1, -0.05) is 199 Å². The SMILES string of the molecule is Cc1cc(-c2ccccc2)c(N2c3ccccc3B3c4c2cc(C)cc4N(c2c(-c4ccccc4)cc(C)cc2-c2ccc(C(C)(C)C)cc2)c2ccc4c(c23)C2(c3ccccc3-4)C3CC4CC(C3)CC2C4)c(-c2ccc(C(C)(C)C)cc2)c1. The lowest BCUT2D eigenvalue weighted by Gasteiger charge is -2.62. The van der Waals surface area contributed by atoms with Crippen LogP contribution < -0.4 is 26.2 Å². The highest BCUT2D eigenvalue weighted by atomic mass is 15.2. The molecule has 0 saturated heterocycles. The van der Waals surface area contributed by atoms with E-state index < -0.39 is 0 Å². The second kappa shape index (κ2) is 18.7. The minimum absolute atomic E-state index is 0.0200. The number of benzene rings is 10. The molecule has 2 aliphatic heterocycles. The van der Waals surface area contributed by atoms with Gasteiger partial charge < -0.3 is 9.80 Å². The molecule has 4 saturated carbocycles. The normalized spacial score (nSPS) is 20.4. The van der Waals surface area contributed by atoms with Gasteiger partial charge in [-0.15, -0.1) is 0 Å². The van der Waals surface area contributed by atoms with Gasteiger partial charge in [-0.05, 0) is 225 Å². The van der Waals surface area contributed by atoms with Crippen molar-refractivity contribution in [3.8, 4) is 55.6 Å². The number of rotatable bonds is 6. The monoisotopic (exact) mass is 1090 g/mol. The van der Waals surface area contributed by atoms with E-state index in [1.807, 2.05) is 0 Å². The lowest BCUT2D eigenvalue weighted by Crippen LogP contribution is -2.65. The van der Waals surface area contributed by atoms with Gasteiger partial charge in [-0.3, -0.25) is 0 Å². The standard InChI is InChI=1S/C81H75BN2/c1-49-38-64(54-20-12-10-13-21-54)77(66(40-49)56-28-32-58(33-29-56)79(4,5)6)83-70-27-19-18-26-69(70)82-75-72(83)42-51(3)43-73(75)84(78-65(55-22-14-11-15-23-55)39-50(2)41-67(78)57-30-34-59(35-31-57)80(7,8)9)71-37-36-63-62-24-16-17-25-68(62)81(74(63)76(71)82)60-45-52-44-53(47-60)48-61(81)46-52/h10-43,52-53,60-61H,44-48H2,1-9H3. The fourth-order valence-electron chi connectivity index (χ4n) is 17.8. The first kappa shape index (κ1) is 51.5. The summed E-state index contributed by atoms with van der Waals surface area (Å²) >= 11 is 0. The Hall–Kier alpha value is -8.14. The number of aryl methyl sites for hydroxylation is 3. The summed E-state index contributed by atoms with van der Waals surface area (Å²) in [7, 11) is 0. The summed E-state index contributed by atoms with van der Waals surface area (Å²) in [5.74, 6) is 2.83. The molecule has 0 amide bonds. The fraction of sp³-hybridized carbons (Fsp3) is 0.259. The molecule has 0 unspecified atom stereocenters. The predicted octanol–water partition coefficient (Wildman–Crippen LogP) is 19.7. The summed E-state index contributed by atoms with van der Waals surface area (Å²) in [5.41, 5.74) is 34.2. The molecular weight excluding hydrogens is 1010 g/mol. The van der Waals surface area contributed by atoms with E-state index in [-0.39, 0.29) is 23.0 Å². The largest absolute Gasteiger partial charge is 0.310 e. The predicted molar refractivity (Wildman–Crippen MR) is 357 cm³/mol. The van der Waals surface area contributed by atoms with Crippen molar-refractivity contribution in [2.45, 2.75) is 111 Å². The molecule has 1 spiro atoms. The van der Waals surface area contributed by atoms with E-state index in [0.29, 0.717) is 11.8 Å². The van der Waals surface area contributed by atoms with E-state index in [4.69, 9.17) is 0 Å². The Morgan fingerprint density at radius 1 is 0.369 bits per heavy atom. The Morgan fingerprint density at radius 3 is 1.30 bits per heavy atom. The molecule has 10 aromatic rings. The van der Waals surface area contributed by atoms with Crippen molar-refractivity contribution in [3.63, 3.8) is 0 Å². The van der Waals surface area contributed by atoms with Gasteiger partial charge in [-0.2, -0.15) is 0 Å². The van der Waals surface area contributed by atoms with Crippen LogP contribution in [-0.4, -0.2) is 6.71 Å². The third-order valence-corrected chi connectivity index (χ3v) is 21.0. The van der Waals surface area contributed by atoms with E-state index in [1.165, 1.54) is 166 Å². The number of fused-ring (bicyclic) bond motifs is 8. The highest BCUT2D eigenvalue weighted by Gasteiger charge is 2.63. The molecule has 10 aromatic carbocycles. The zero-order valence-electron chi connectivity index (χ0n) is 50.4. The van der Waals surface area contributed by atoms with Crippen LogP contribution in [0.2, 0.25) is 0 Å². The van der Waals surface area contributed by atoms with Crippen molar-refractivity contribution in [2.24, 2.45) is 23.7 Å². The molecule has 0 aromatic heterocycles. The third-order valence-electron chi connectivity index (χ3n) is 21.0. The van der Waals surface area contributed by atoms with Gasteiger partial charge in [0.25, 0.3) is 6.71 Å². The van der Waals surface area contributed by atoms with Crippen LogP contribution in [0.15, 0.2) is 206 Å². The number of para-hydroxylation sites is 1. The molecule has 0 N–H and O–H groups in total. The van der Waals surface area contributed by atoms with E-state index in [9.17, 15) is 0 Å². The molecule has 3 heteroatoms. The number of hydrogen-bond acceptors (Lipinski definition) is 2. The second-order valence-electron chi connectivity index (χ2n) is 28.3. The summed E-state index contributed by atoms with van der Waals surface area (Å²) in [6, 6.07) is 81.1. The van der Waals surface area contributed by atoms with Crippen LogP contribution in [0, 0.1) is 44.4 Å². The van der Waals surface area contributed by atoms with Crippen molar-refractivity contribution in [1.82, 2.24) is 0 Å². The molecule has 4 fully saturated rings. The lowest BCUT2D eigenvalue weighted by molar-refractivity contribution is -0.0395. The van der Waals surface area contributed by atoms with E-state index in [0.717, 1.165) is 11.8 Å². The zero-order valence-corrected chi connectivity index (χ0v) is 50.4. The van der Waals surface area contributed by atoms with E-state index in [2.05, 4.69) is 278 Å². The van der Waals surface area contributed by atoms with Gasteiger partial charge in [0.2, 0.25) is 0 Å². The number of anilines is 6. The summed E-state index contributed by atoms with van der Waals surface area (Å²) in [4.78, 5) is 5.54.